The third-order valence-electron chi connectivity index (χ3n) is 3.16. The Hall–Kier alpha value is -0.650. The zero-order valence-corrected chi connectivity index (χ0v) is 8.95. The normalized spacial score (nSPS) is 30.5. The average Bonchev–Trinajstić information content (AvgIpc) is 2.58. The summed E-state index contributed by atoms with van der Waals surface area (Å²) in [6, 6.07) is 0. The van der Waals surface area contributed by atoms with E-state index in [2.05, 4.69) is 10.3 Å². The van der Waals surface area contributed by atoms with Crippen LogP contribution >= 0.6 is 0 Å². The van der Waals surface area contributed by atoms with Crippen molar-refractivity contribution in [2.24, 2.45) is 5.84 Å². The number of morpholine rings is 1. The van der Waals surface area contributed by atoms with Crippen molar-refractivity contribution in [3.63, 3.8) is 0 Å². The first kappa shape index (κ1) is 10.9. The fourth-order valence-corrected chi connectivity index (χ4v) is 2.42. The molecule has 2 aliphatic rings. The molecule has 1 amide bonds. The lowest BCUT2D eigenvalue weighted by molar-refractivity contribution is -0.121. The molecule has 3 N–H and O–H groups in total. The lowest BCUT2D eigenvalue weighted by Gasteiger charge is -2.31. The molecule has 5 heteroatoms. The van der Waals surface area contributed by atoms with E-state index in [9.17, 15) is 4.79 Å². The highest BCUT2D eigenvalue weighted by Gasteiger charge is 2.33. The molecule has 2 heterocycles. The van der Waals surface area contributed by atoms with Gasteiger partial charge in [0.05, 0.1) is 12.2 Å². The first-order valence-electron chi connectivity index (χ1n) is 5.65. The second-order valence-corrected chi connectivity index (χ2v) is 4.39. The summed E-state index contributed by atoms with van der Waals surface area (Å²) in [4.78, 5) is 13.3. The summed E-state index contributed by atoms with van der Waals surface area (Å²) in [5.74, 6) is 4.93. The van der Waals surface area contributed by atoms with Gasteiger partial charge in [0.1, 0.15) is 0 Å². The maximum absolute atomic E-state index is 10.9. The van der Waals surface area contributed by atoms with Crippen LogP contribution in [0.1, 0.15) is 25.7 Å². The van der Waals surface area contributed by atoms with Crippen LogP contribution in [0.15, 0.2) is 0 Å². The van der Waals surface area contributed by atoms with E-state index in [0.29, 0.717) is 18.6 Å². The molecule has 0 aromatic carbocycles. The fraction of sp³-hybridized carbons (Fsp3) is 0.900. The van der Waals surface area contributed by atoms with Crippen molar-refractivity contribution in [2.75, 3.05) is 19.6 Å². The fourth-order valence-electron chi connectivity index (χ4n) is 2.42. The maximum Gasteiger partial charge on any atom is 0.233 e. The Balaban J connectivity index is 1.65. The van der Waals surface area contributed by atoms with Crippen molar-refractivity contribution >= 4 is 5.91 Å². The molecule has 2 fully saturated rings. The second-order valence-electron chi connectivity index (χ2n) is 4.39. The quantitative estimate of drug-likeness (QED) is 0.379. The minimum absolute atomic E-state index is 0.0776. The number of nitrogens with zero attached hydrogens (tertiary/aromatic N) is 1. The molecule has 2 aliphatic heterocycles. The lowest BCUT2D eigenvalue weighted by atomic mass is 10.2. The number of hydrogen-bond acceptors (Lipinski definition) is 4. The molecule has 0 radical (unpaired) electrons. The van der Waals surface area contributed by atoms with Crippen molar-refractivity contribution in [3.8, 4) is 0 Å². The summed E-state index contributed by atoms with van der Waals surface area (Å²) >= 11 is 0. The zero-order chi connectivity index (χ0) is 10.7. The van der Waals surface area contributed by atoms with Crippen molar-refractivity contribution in [1.29, 1.82) is 0 Å². The number of likely N-dealkylation sites (tertiary alicyclic amines) is 1. The van der Waals surface area contributed by atoms with Gasteiger partial charge in [-0.2, -0.15) is 0 Å². The van der Waals surface area contributed by atoms with Crippen molar-refractivity contribution in [1.82, 2.24) is 10.3 Å². The highest BCUT2D eigenvalue weighted by atomic mass is 16.5. The smallest absolute Gasteiger partial charge is 0.233 e. The highest BCUT2D eigenvalue weighted by Crippen LogP contribution is 2.26. The van der Waals surface area contributed by atoms with E-state index in [1.807, 2.05) is 0 Å². The number of nitrogens with two attached hydrogens (primary N) is 1. The number of amides is 1. The van der Waals surface area contributed by atoms with Gasteiger partial charge in [-0.3, -0.25) is 15.1 Å². The van der Waals surface area contributed by atoms with Crippen molar-refractivity contribution in [2.45, 2.75) is 37.9 Å². The molecule has 5 nitrogen and oxygen atoms in total. The number of hydrazine groups is 1. The van der Waals surface area contributed by atoms with Crippen LogP contribution in [0.5, 0.6) is 0 Å². The molecular weight excluding hydrogens is 194 g/mol. The Morgan fingerprint density at radius 3 is 2.67 bits per heavy atom. The number of carbonyl (C=O) groups excluding carboxylic acids is 1. The standard InChI is InChI=1S/C10H19N3O2/c11-12-10(14)2-1-5-13-6-8-3-4-9(7-13)15-8/h8-9H,1-7,11H2,(H,12,14). The van der Waals surface area contributed by atoms with E-state index in [4.69, 9.17) is 10.6 Å². The summed E-state index contributed by atoms with van der Waals surface area (Å²) in [5, 5.41) is 0. The van der Waals surface area contributed by atoms with Crippen molar-refractivity contribution < 1.29 is 9.53 Å². The Labute approximate surface area is 89.9 Å². The van der Waals surface area contributed by atoms with Crippen LogP contribution in [-0.2, 0) is 9.53 Å². The summed E-state index contributed by atoms with van der Waals surface area (Å²) < 4.78 is 5.74. The van der Waals surface area contributed by atoms with Gasteiger partial charge in [0, 0.05) is 19.5 Å². The number of carbonyl (C=O) groups is 1. The molecule has 0 spiro atoms. The first-order valence-corrected chi connectivity index (χ1v) is 5.65. The van der Waals surface area contributed by atoms with Gasteiger partial charge in [-0.1, -0.05) is 0 Å². The third kappa shape index (κ3) is 2.90. The molecule has 2 rings (SSSR count). The van der Waals surface area contributed by atoms with Gasteiger partial charge in [-0.25, -0.2) is 5.84 Å². The minimum Gasteiger partial charge on any atom is -0.372 e. The van der Waals surface area contributed by atoms with Crippen molar-refractivity contribution in [3.05, 3.63) is 0 Å². The Morgan fingerprint density at radius 1 is 1.40 bits per heavy atom. The summed E-state index contributed by atoms with van der Waals surface area (Å²) in [6.45, 7) is 3.03. The van der Waals surface area contributed by atoms with Gasteiger partial charge in [-0.05, 0) is 25.8 Å². The molecule has 0 aromatic heterocycles. The predicted octanol–water partition coefficient (Wildman–Crippen LogP) is -0.380. The van der Waals surface area contributed by atoms with Crippen LogP contribution in [0.2, 0.25) is 0 Å². The molecule has 15 heavy (non-hydrogen) atoms. The van der Waals surface area contributed by atoms with E-state index in [1.54, 1.807) is 0 Å². The minimum atomic E-state index is -0.0776. The predicted molar refractivity (Wildman–Crippen MR) is 55.9 cm³/mol. The van der Waals surface area contributed by atoms with Crippen LogP contribution in [0.4, 0.5) is 0 Å². The molecule has 2 bridgehead atoms. The number of hydrogen-bond donors (Lipinski definition) is 2. The lowest BCUT2D eigenvalue weighted by Crippen LogP contribution is -2.43. The Bertz CT molecular complexity index is 223. The SMILES string of the molecule is NNC(=O)CCCN1CC2CCC(C1)O2. The third-order valence-corrected chi connectivity index (χ3v) is 3.16. The molecular formula is C10H19N3O2. The second kappa shape index (κ2) is 4.92. The first-order chi connectivity index (χ1) is 7.28. The van der Waals surface area contributed by atoms with E-state index in [-0.39, 0.29) is 5.91 Å². The van der Waals surface area contributed by atoms with E-state index < -0.39 is 0 Å². The van der Waals surface area contributed by atoms with E-state index in [1.165, 1.54) is 12.8 Å². The molecule has 2 saturated heterocycles. The molecule has 86 valence electrons. The average molecular weight is 213 g/mol. The monoisotopic (exact) mass is 213 g/mol. The van der Waals surface area contributed by atoms with Gasteiger partial charge >= 0.3 is 0 Å². The van der Waals surface area contributed by atoms with Gasteiger partial charge in [0.15, 0.2) is 0 Å². The van der Waals surface area contributed by atoms with Crippen LogP contribution in [0.25, 0.3) is 0 Å². The van der Waals surface area contributed by atoms with Crippen LogP contribution in [0, 0.1) is 0 Å². The van der Waals surface area contributed by atoms with Gasteiger partial charge in [0.2, 0.25) is 5.91 Å². The van der Waals surface area contributed by atoms with Crippen LogP contribution in [-0.4, -0.2) is 42.6 Å². The number of fused-ring (bicyclic) bond motifs is 2. The molecule has 2 atom stereocenters. The van der Waals surface area contributed by atoms with Crippen LogP contribution < -0.4 is 11.3 Å². The Kier molecular flexibility index (Phi) is 3.56. The molecule has 0 saturated carbocycles. The molecule has 0 aliphatic carbocycles. The molecule has 2 unspecified atom stereocenters. The largest absolute Gasteiger partial charge is 0.372 e. The topological polar surface area (TPSA) is 67.6 Å². The Morgan fingerprint density at radius 2 is 2.07 bits per heavy atom. The maximum atomic E-state index is 10.9. The summed E-state index contributed by atoms with van der Waals surface area (Å²) in [7, 11) is 0. The highest BCUT2D eigenvalue weighted by molar-refractivity contribution is 5.75. The van der Waals surface area contributed by atoms with Gasteiger partial charge in [0.25, 0.3) is 0 Å². The van der Waals surface area contributed by atoms with E-state index in [0.717, 1.165) is 26.1 Å². The number of rotatable bonds is 4. The van der Waals surface area contributed by atoms with Crippen LogP contribution in [0.3, 0.4) is 0 Å². The van der Waals surface area contributed by atoms with Gasteiger partial charge in [-0.15, -0.1) is 0 Å². The van der Waals surface area contributed by atoms with E-state index >= 15 is 0 Å². The number of nitrogens with one attached hydrogen (secondary N) is 1. The summed E-state index contributed by atoms with van der Waals surface area (Å²) in [6.07, 6.45) is 4.67. The number of ether oxygens (including phenoxy) is 1. The zero-order valence-electron chi connectivity index (χ0n) is 8.95. The van der Waals surface area contributed by atoms with Gasteiger partial charge < -0.3 is 4.74 Å². The summed E-state index contributed by atoms with van der Waals surface area (Å²) in [5.41, 5.74) is 2.15. The molecule has 0 aromatic rings.